The van der Waals surface area contributed by atoms with Gasteiger partial charge in [-0.3, -0.25) is 9.59 Å². The zero-order valence-electron chi connectivity index (χ0n) is 13.3. The van der Waals surface area contributed by atoms with E-state index >= 15 is 0 Å². The number of rotatable bonds is 7. The summed E-state index contributed by atoms with van der Waals surface area (Å²) in [4.78, 5) is 32.4. The number of aldehydes is 1. The Balaban J connectivity index is 2.20. The van der Waals surface area contributed by atoms with Crippen molar-refractivity contribution in [2.75, 3.05) is 5.32 Å². The molecule has 0 spiro atoms. The Hall–Kier alpha value is -2.47. The first-order valence-corrected chi connectivity index (χ1v) is 7.44. The van der Waals surface area contributed by atoms with Crippen LogP contribution in [0.1, 0.15) is 5.56 Å². The minimum Gasteiger partial charge on any atom is -0.470 e. The van der Waals surface area contributed by atoms with Crippen molar-refractivity contribution in [1.29, 1.82) is 0 Å². The molecule has 1 aliphatic rings. The maximum atomic E-state index is 10.9. The van der Waals surface area contributed by atoms with Gasteiger partial charge in [-0.05, 0) is 17.7 Å². The van der Waals surface area contributed by atoms with Crippen LogP contribution >= 0.6 is 0 Å². The van der Waals surface area contributed by atoms with Crippen molar-refractivity contribution in [1.82, 2.24) is 0 Å². The van der Waals surface area contributed by atoms with Crippen LogP contribution in [0.4, 0.5) is 10.5 Å². The molecule has 2 radical (unpaired) electrons. The number of aliphatic hydroxyl groups excluding tert-OH is 3. The molecule has 5 unspecified atom stereocenters. The molecule has 138 valence electrons. The van der Waals surface area contributed by atoms with Gasteiger partial charge in [0.05, 0.1) is 5.69 Å². The highest BCUT2D eigenvalue weighted by atomic mass is 16.7. The summed E-state index contributed by atoms with van der Waals surface area (Å²) in [5.74, 6) is -0.932. The highest BCUT2D eigenvalue weighted by Crippen LogP contribution is 2.30. The molecule has 1 saturated heterocycles. The zero-order chi connectivity index (χ0) is 19.3. The predicted molar refractivity (Wildman–Crippen MR) is 85.4 cm³/mol. The fourth-order valence-electron chi connectivity index (χ4n) is 2.31. The minimum atomic E-state index is -1.67. The van der Waals surface area contributed by atoms with Crippen molar-refractivity contribution in [2.45, 2.75) is 37.3 Å². The Morgan fingerprint density at radius 3 is 2.58 bits per heavy atom. The van der Waals surface area contributed by atoms with Crippen molar-refractivity contribution in [3.8, 4) is 5.75 Å². The topological polar surface area (TPSA) is 152 Å². The highest BCUT2D eigenvalue weighted by Gasteiger charge is 2.45. The minimum absolute atomic E-state index is 0.0391. The summed E-state index contributed by atoms with van der Waals surface area (Å²) in [7, 11) is 4.88. The van der Waals surface area contributed by atoms with E-state index in [9.17, 15) is 29.7 Å². The van der Waals surface area contributed by atoms with Crippen molar-refractivity contribution in [2.24, 2.45) is 0 Å². The van der Waals surface area contributed by atoms with E-state index in [0.717, 1.165) is 0 Å². The number of hydrogen-bond acceptors (Lipinski definition) is 9. The van der Waals surface area contributed by atoms with Gasteiger partial charge in [0.15, 0.2) is 6.29 Å². The Kier molecular flexibility index (Phi) is 6.69. The van der Waals surface area contributed by atoms with Crippen LogP contribution in [0.3, 0.4) is 0 Å². The lowest BCUT2D eigenvalue weighted by Crippen LogP contribution is -2.59. The molecular formula is C15H16BNO9. The fraction of sp³-hybridized carbons (Fsp3) is 0.400. The fourth-order valence-corrected chi connectivity index (χ4v) is 2.31. The van der Waals surface area contributed by atoms with Crippen LogP contribution in [0, 0.1) is 0 Å². The number of hydrogen-bond donors (Lipinski definition) is 4. The SMILES string of the molecule is [B]C(=O)OCc1ccc(OC2OC(C=O)C(O)C(O)C2O)c(NC=O)c1. The maximum Gasteiger partial charge on any atom is 0.236 e. The average molecular weight is 365 g/mol. The van der Waals surface area contributed by atoms with E-state index < -0.39 is 36.6 Å². The number of amides is 1. The van der Waals surface area contributed by atoms with Gasteiger partial charge >= 0.3 is 0 Å². The normalized spacial score (nSPS) is 28.0. The van der Waals surface area contributed by atoms with Gasteiger partial charge in [0.1, 0.15) is 36.8 Å². The molecule has 10 nitrogen and oxygen atoms in total. The molecule has 0 bridgehead atoms. The van der Waals surface area contributed by atoms with Crippen molar-refractivity contribution < 1.29 is 43.9 Å². The number of aliphatic hydroxyl groups is 3. The summed E-state index contributed by atoms with van der Waals surface area (Å²) in [6.45, 7) is -0.149. The Morgan fingerprint density at radius 1 is 1.23 bits per heavy atom. The second kappa shape index (κ2) is 8.76. The molecule has 2 rings (SSSR count). The number of carbonyl (C=O) groups excluding carboxylic acids is 3. The molecule has 1 heterocycles. The van der Waals surface area contributed by atoms with E-state index in [4.69, 9.17) is 17.3 Å². The molecule has 1 aliphatic heterocycles. The third-order valence-electron chi connectivity index (χ3n) is 3.62. The van der Waals surface area contributed by atoms with Crippen molar-refractivity contribution in [3.63, 3.8) is 0 Å². The standard InChI is InChI=1S/C15H16BNO9/c16-15(23)24-5-7-1-2-9(8(3-7)17-6-19)25-14-13(22)12(21)11(20)10(4-18)26-14/h1-4,6,10-14,20-22H,5H2,(H,17,19). The van der Waals surface area contributed by atoms with Gasteiger partial charge in [0, 0.05) is 0 Å². The molecule has 1 aromatic carbocycles. The van der Waals surface area contributed by atoms with E-state index in [1.165, 1.54) is 18.2 Å². The van der Waals surface area contributed by atoms with E-state index in [1.54, 1.807) is 0 Å². The monoisotopic (exact) mass is 365 g/mol. The molecule has 1 aromatic rings. The third-order valence-corrected chi connectivity index (χ3v) is 3.62. The molecular weight excluding hydrogens is 349 g/mol. The van der Waals surface area contributed by atoms with Gasteiger partial charge in [0.25, 0.3) is 0 Å². The van der Waals surface area contributed by atoms with Crippen LogP contribution < -0.4 is 10.1 Å². The van der Waals surface area contributed by atoms with Crippen LogP contribution in [0.5, 0.6) is 5.75 Å². The van der Waals surface area contributed by atoms with Crippen LogP contribution in [0.15, 0.2) is 18.2 Å². The second-order valence-corrected chi connectivity index (χ2v) is 5.40. The Labute approximate surface area is 149 Å². The summed E-state index contributed by atoms with van der Waals surface area (Å²) in [6, 6.07) is 4.30. The van der Waals surface area contributed by atoms with Gasteiger partial charge in [-0.15, -0.1) is 0 Å². The zero-order valence-corrected chi connectivity index (χ0v) is 13.3. The molecule has 5 atom stereocenters. The van der Waals surface area contributed by atoms with Crippen LogP contribution in [0.25, 0.3) is 0 Å². The smallest absolute Gasteiger partial charge is 0.236 e. The van der Waals surface area contributed by atoms with Crippen LogP contribution in [0.2, 0.25) is 0 Å². The lowest BCUT2D eigenvalue weighted by atomic mass is 10.00. The lowest BCUT2D eigenvalue weighted by Gasteiger charge is -2.38. The van der Waals surface area contributed by atoms with E-state index in [1.807, 2.05) is 0 Å². The van der Waals surface area contributed by atoms with Gasteiger partial charge in [-0.1, -0.05) is 6.07 Å². The highest BCUT2D eigenvalue weighted by molar-refractivity contribution is 6.55. The second-order valence-electron chi connectivity index (χ2n) is 5.40. The molecule has 1 fully saturated rings. The number of anilines is 1. The molecule has 26 heavy (non-hydrogen) atoms. The summed E-state index contributed by atoms with van der Waals surface area (Å²) in [6.07, 6.45) is -7.18. The summed E-state index contributed by atoms with van der Waals surface area (Å²) >= 11 is 0. The van der Waals surface area contributed by atoms with Gasteiger partial charge in [-0.25, -0.2) is 0 Å². The molecule has 0 aromatic heterocycles. The number of carbonyl (C=O) groups is 3. The lowest BCUT2D eigenvalue weighted by molar-refractivity contribution is -0.263. The Bertz CT molecular complexity index is 671. The van der Waals surface area contributed by atoms with E-state index in [0.29, 0.717) is 12.0 Å². The number of nitrogens with one attached hydrogen (secondary N) is 1. The quantitative estimate of drug-likeness (QED) is 0.332. The molecule has 11 heteroatoms. The van der Waals surface area contributed by atoms with Crippen molar-refractivity contribution in [3.05, 3.63) is 23.8 Å². The molecule has 1 amide bonds. The van der Waals surface area contributed by atoms with Gasteiger partial charge in [0.2, 0.25) is 26.4 Å². The van der Waals surface area contributed by atoms with Crippen LogP contribution in [-0.2, 0) is 25.7 Å². The molecule has 0 aliphatic carbocycles. The first-order chi connectivity index (χ1) is 12.4. The summed E-state index contributed by atoms with van der Waals surface area (Å²) in [5.41, 5.74) is 0.622. The van der Waals surface area contributed by atoms with E-state index in [-0.39, 0.29) is 24.3 Å². The van der Waals surface area contributed by atoms with E-state index in [2.05, 4.69) is 10.1 Å². The molecule has 0 saturated carbocycles. The third kappa shape index (κ3) is 4.58. The van der Waals surface area contributed by atoms with Crippen molar-refractivity contribution >= 4 is 32.1 Å². The maximum absolute atomic E-state index is 10.9. The van der Waals surface area contributed by atoms with Gasteiger partial charge in [-0.2, -0.15) is 0 Å². The number of benzene rings is 1. The van der Waals surface area contributed by atoms with Crippen LogP contribution in [-0.4, -0.2) is 72.4 Å². The summed E-state index contributed by atoms with van der Waals surface area (Å²) in [5, 5.41) is 31.7. The largest absolute Gasteiger partial charge is 0.470 e. The first kappa shape index (κ1) is 19.9. The first-order valence-electron chi connectivity index (χ1n) is 7.44. The number of ether oxygens (including phenoxy) is 3. The molecule has 4 N–H and O–H groups in total. The predicted octanol–water partition coefficient (Wildman–Crippen LogP) is -1.55. The Morgan fingerprint density at radius 2 is 1.96 bits per heavy atom. The summed E-state index contributed by atoms with van der Waals surface area (Å²) < 4.78 is 15.2. The average Bonchev–Trinajstić information content (AvgIpc) is 2.62. The van der Waals surface area contributed by atoms with Gasteiger partial charge < -0.3 is 39.6 Å².